The Morgan fingerprint density at radius 3 is 2.84 bits per heavy atom. The molecule has 0 atom stereocenters. The van der Waals surface area contributed by atoms with Crippen LogP contribution in [-0.4, -0.2) is 30.3 Å². The highest BCUT2D eigenvalue weighted by atomic mass is 35.5. The molecule has 1 aromatic carbocycles. The maximum Gasteiger partial charge on any atom is 0.289 e. The Morgan fingerprint density at radius 2 is 2.16 bits per heavy atom. The summed E-state index contributed by atoms with van der Waals surface area (Å²) in [5, 5.41) is 4.36. The molecular weight excluding hydrogens is 342 g/mol. The van der Waals surface area contributed by atoms with E-state index in [1.807, 2.05) is 13.8 Å². The molecule has 132 valence electrons. The fraction of sp³-hybridized carbons (Fsp3) is 0.278. The summed E-state index contributed by atoms with van der Waals surface area (Å²) in [5.41, 5.74) is 3.39. The number of nitrogens with one attached hydrogen (secondary N) is 1. The first-order valence-corrected chi connectivity index (χ1v) is 8.37. The van der Waals surface area contributed by atoms with Crippen LogP contribution in [0.1, 0.15) is 36.3 Å². The number of nitrogens with zero attached hydrogens (tertiary/aromatic N) is 2. The fourth-order valence-electron chi connectivity index (χ4n) is 1.99. The minimum absolute atomic E-state index is 0.288. The monoisotopic (exact) mass is 361 g/mol. The number of benzene rings is 1. The van der Waals surface area contributed by atoms with E-state index in [4.69, 9.17) is 21.1 Å². The van der Waals surface area contributed by atoms with Gasteiger partial charge in [0.1, 0.15) is 5.69 Å². The number of carbonyl (C=O) groups excluding carboxylic acids is 1. The molecule has 6 nitrogen and oxygen atoms in total. The maximum absolute atomic E-state index is 11.9. The lowest BCUT2D eigenvalue weighted by molar-refractivity contribution is 0.0950. The molecule has 0 fully saturated rings. The van der Waals surface area contributed by atoms with E-state index >= 15 is 0 Å². The Balaban J connectivity index is 2.12. The first kappa shape index (κ1) is 18.7. The number of pyridine rings is 1. The molecule has 1 heterocycles. The SMILES string of the molecule is CCCOc1c(Cl)cc(/C=N\NC(=O)c2ccccn2)cc1OCC. The first-order valence-electron chi connectivity index (χ1n) is 7.99. The van der Waals surface area contributed by atoms with Gasteiger partial charge in [0, 0.05) is 6.20 Å². The van der Waals surface area contributed by atoms with Crippen molar-refractivity contribution < 1.29 is 14.3 Å². The molecule has 25 heavy (non-hydrogen) atoms. The van der Waals surface area contributed by atoms with Gasteiger partial charge in [0.05, 0.1) is 24.5 Å². The van der Waals surface area contributed by atoms with Crippen LogP contribution in [0.2, 0.25) is 5.02 Å². The van der Waals surface area contributed by atoms with Gasteiger partial charge in [0.2, 0.25) is 0 Å². The van der Waals surface area contributed by atoms with E-state index in [0.29, 0.717) is 35.3 Å². The molecule has 0 spiro atoms. The fourth-order valence-corrected chi connectivity index (χ4v) is 2.26. The van der Waals surface area contributed by atoms with Gasteiger partial charge in [0.25, 0.3) is 5.91 Å². The molecule has 0 aliphatic carbocycles. The van der Waals surface area contributed by atoms with Crippen LogP contribution < -0.4 is 14.9 Å². The molecule has 1 aromatic heterocycles. The number of aromatic nitrogens is 1. The van der Waals surface area contributed by atoms with Crippen molar-refractivity contribution in [2.45, 2.75) is 20.3 Å². The highest BCUT2D eigenvalue weighted by Crippen LogP contribution is 2.36. The van der Waals surface area contributed by atoms with Crippen LogP contribution in [0, 0.1) is 0 Å². The summed E-state index contributed by atoms with van der Waals surface area (Å²) < 4.78 is 11.2. The summed E-state index contributed by atoms with van der Waals surface area (Å²) in [6.07, 6.45) is 3.89. The number of ether oxygens (including phenoxy) is 2. The summed E-state index contributed by atoms with van der Waals surface area (Å²) in [6.45, 7) is 4.92. The summed E-state index contributed by atoms with van der Waals surface area (Å²) in [5.74, 6) is 0.664. The Morgan fingerprint density at radius 1 is 1.32 bits per heavy atom. The Bertz CT molecular complexity index is 736. The lowest BCUT2D eigenvalue weighted by Gasteiger charge is -2.13. The zero-order valence-electron chi connectivity index (χ0n) is 14.2. The molecule has 0 radical (unpaired) electrons. The molecule has 0 bridgehead atoms. The van der Waals surface area contributed by atoms with Crippen molar-refractivity contribution >= 4 is 23.7 Å². The summed E-state index contributed by atoms with van der Waals surface area (Å²) in [4.78, 5) is 15.8. The average molecular weight is 362 g/mol. The molecular formula is C18H20ClN3O3. The molecule has 7 heteroatoms. The van der Waals surface area contributed by atoms with Crippen molar-refractivity contribution in [1.82, 2.24) is 10.4 Å². The van der Waals surface area contributed by atoms with E-state index in [-0.39, 0.29) is 5.69 Å². The van der Waals surface area contributed by atoms with Crippen LogP contribution in [0.25, 0.3) is 0 Å². The number of amides is 1. The second-order valence-corrected chi connectivity index (χ2v) is 5.43. The molecule has 0 aliphatic rings. The minimum Gasteiger partial charge on any atom is -0.490 e. The van der Waals surface area contributed by atoms with Crippen molar-refractivity contribution in [3.8, 4) is 11.5 Å². The second-order valence-electron chi connectivity index (χ2n) is 5.03. The average Bonchev–Trinajstić information content (AvgIpc) is 2.62. The molecule has 1 N–H and O–H groups in total. The highest BCUT2D eigenvalue weighted by molar-refractivity contribution is 6.32. The van der Waals surface area contributed by atoms with E-state index in [1.165, 1.54) is 6.21 Å². The standard InChI is InChI=1S/C18H20ClN3O3/c1-3-9-25-17-14(19)10-13(11-16(17)24-4-2)12-21-22-18(23)15-7-5-6-8-20-15/h5-8,10-12H,3-4,9H2,1-2H3,(H,22,23)/b21-12-. The van der Waals surface area contributed by atoms with E-state index in [1.54, 1.807) is 36.5 Å². The topological polar surface area (TPSA) is 72.8 Å². The van der Waals surface area contributed by atoms with Crippen LogP contribution in [0.5, 0.6) is 11.5 Å². The summed E-state index contributed by atoms with van der Waals surface area (Å²) in [7, 11) is 0. The van der Waals surface area contributed by atoms with Crippen LogP contribution >= 0.6 is 11.6 Å². The molecule has 0 saturated heterocycles. The molecule has 1 amide bonds. The molecule has 0 unspecified atom stereocenters. The zero-order chi connectivity index (χ0) is 18.1. The number of carbonyl (C=O) groups is 1. The van der Waals surface area contributed by atoms with Gasteiger partial charge in [-0.1, -0.05) is 24.6 Å². The van der Waals surface area contributed by atoms with Crippen molar-refractivity contribution in [2.24, 2.45) is 5.10 Å². The molecule has 0 saturated carbocycles. The predicted octanol–water partition coefficient (Wildman–Crippen LogP) is 3.69. The van der Waals surface area contributed by atoms with Gasteiger partial charge >= 0.3 is 0 Å². The smallest absolute Gasteiger partial charge is 0.289 e. The van der Waals surface area contributed by atoms with Gasteiger partial charge in [-0.15, -0.1) is 0 Å². The maximum atomic E-state index is 11.9. The third-order valence-corrected chi connectivity index (χ3v) is 3.34. The van der Waals surface area contributed by atoms with Gasteiger partial charge in [0.15, 0.2) is 11.5 Å². The number of halogens is 1. The van der Waals surface area contributed by atoms with Crippen LogP contribution in [0.15, 0.2) is 41.6 Å². The third-order valence-electron chi connectivity index (χ3n) is 3.06. The van der Waals surface area contributed by atoms with Crippen LogP contribution in [-0.2, 0) is 0 Å². The largest absolute Gasteiger partial charge is 0.490 e. The number of rotatable bonds is 8. The predicted molar refractivity (Wildman–Crippen MR) is 97.7 cm³/mol. The van der Waals surface area contributed by atoms with Crippen LogP contribution in [0.3, 0.4) is 0 Å². The van der Waals surface area contributed by atoms with E-state index in [2.05, 4.69) is 15.5 Å². The van der Waals surface area contributed by atoms with Crippen molar-refractivity contribution in [3.05, 3.63) is 52.8 Å². The Hall–Kier alpha value is -2.60. The number of hydrogen-bond donors (Lipinski definition) is 1. The van der Waals surface area contributed by atoms with Crippen LogP contribution in [0.4, 0.5) is 0 Å². The third kappa shape index (κ3) is 5.46. The normalized spacial score (nSPS) is 10.7. The highest BCUT2D eigenvalue weighted by Gasteiger charge is 2.12. The Labute approximate surface area is 151 Å². The van der Waals surface area contributed by atoms with Gasteiger partial charge < -0.3 is 9.47 Å². The molecule has 2 aromatic rings. The first-order chi connectivity index (χ1) is 12.2. The number of hydrazone groups is 1. The van der Waals surface area contributed by atoms with Gasteiger partial charge in [-0.05, 0) is 43.2 Å². The van der Waals surface area contributed by atoms with Crippen molar-refractivity contribution in [3.63, 3.8) is 0 Å². The van der Waals surface area contributed by atoms with Gasteiger partial charge in [-0.2, -0.15) is 5.10 Å². The van der Waals surface area contributed by atoms with Crippen molar-refractivity contribution in [1.29, 1.82) is 0 Å². The van der Waals surface area contributed by atoms with E-state index < -0.39 is 5.91 Å². The van der Waals surface area contributed by atoms with Gasteiger partial charge in [-0.25, -0.2) is 5.43 Å². The lowest BCUT2D eigenvalue weighted by Crippen LogP contribution is -2.18. The molecule has 2 rings (SSSR count). The Kier molecular flexibility index (Phi) is 7.22. The zero-order valence-corrected chi connectivity index (χ0v) is 14.9. The lowest BCUT2D eigenvalue weighted by atomic mass is 10.2. The molecule has 0 aliphatic heterocycles. The quantitative estimate of drug-likeness (QED) is 0.575. The van der Waals surface area contributed by atoms with E-state index in [0.717, 1.165) is 6.42 Å². The van der Waals surface area contributed by atoms with Gasteiger partial charge in [-0.3, -0.25) is 9.78 Å². The minimum atomic E-state index is -0.393. The summed E-state index contributed by atoms with van der Waals surface area (Å²) >= 11 is 6.28. The second kappa shape index (κ2) is 9.64. The summed E-state index contributed by atoms with van der Waals surface area (Å²) in [6, 6.07) is 8.53. The van der Waals surface area contributed by atoms with E-state index in [9.17, 15) is 4.79 Å². The number of hydrogen-bond acceptors (Lipinski definition) is 5. The van der Waals surface area contributed by atoms with Crippen molar-refractivity contribution in [2.75, 3.05) is 13.2 Å².